The minimum atomic E-state index is -1.72. The molecule has 0 saturated heterocycles. The molecular formula is C22H19ClN2O4S. The zero-order valence-corrected chi connectivity index (χ0v) is 17.9. The van der Waals surface area contributed by atoms with Crippen molar-refractivity contribution in [3.63, 3.8) is 0 Å². The molecule has 0 aromatic heterocycles. The molecule has 4 rings (SSSR count). The van der Waals surface area contributed by atoms with Gasteiger partial charge in [-0.05, 0) is 35.9 Å². The molecule has 0 saturated carbocycles. The van der Waals surface area contributed by atoms with Gasteiger partial charge in [0, 0.05) is 11.1 Å². The Labute approximate surface area is 182 Å². The van der Waals surface area contributed by atoms with Gasteiger partial charge in [-0.25, -0.2) is 4.79 Å². The van der Waals surface area contributed by atoms with Crippen molar-refractivity contribution in [3.8, 4) is 11.5 Å². The third kappa shape index (κ3) is 3.56. The molecule has 154 valence electrons. The second kappa shape index (κ2) is 8.47. The number of benzene rings is 3. The molecule has 1 heterocycles. The standard InChI is InChI=1S/C22H19ClN2O4S/c1-28-19-12-11-16(13-20(19)29-2)25-22(26)24(14-15-7-3-4-8-17(15)23)18-9-5-6-10-21(18)30(25)27/h3-13H,14H2,1-2H3. The highest BCUT2D eigenvalue weighted by Crippen LogP contribution is 2.40. The maximum Gasteiger partial charge on any atom is 0.371 e. The van der Waals surface area contributed by atoms with Gasteiger partial charge < -0.3 is 14.0 Å². The molecule has 0 bridgehead atoms. The van der Waals surface area contributed by atoms with E-state index in [1.165, 1.54) is 18.5 Å². The quantitative estimate of drug-likeness (QED) is 0.520. The van der Waals surface area contributed by atoms with Gasteiger partial charge >= 0.3 is 6.03 Å². The minimum absolute atomic E-state index is 0.247. The highest BCUT2D eigenvalue weighted by atomic mass is 35.5. The second-order valence-corrected chi connectivity index (χ2v) is 8.22. The first-order valence-electron chi connectivity index (χ1n) is 9.13. The number of carbonyl (C=O) groups is 1. The summed E-state index contributed by atoms with van der Waals surface area (Å²) in [7, 11) is 3.04. The Hall–Kier alpha value is -2.87. The van der Waals surface area contributed by atoms with Gasteiger partial charge in [-0.3, -0.25) is 4.90 Å². The minimum Gasteiger partial charge on any atom is -0.587 e. The Bertz CT molecular complexity index is 1090. The SMILES string of the molecule is COc1ccc(N2C(=O)N(Cc3ccccc3Cl)c3ccccc3[S+]2[O-])cc1OC. The van der Waals surface area contributed by atoms with E-state index in [2.05, 4.69) is 0 Å². The number of methoxy groups -OCH3 is 2. The largest absolute Gasteiger partial charge is 0.587 e. The molecule has 1 atom stereocenters. The van der Waals surface area contributed by atoms with E-state index in [0.717, 1.165) is 5.56 Å². The number of hydrogen-bond donors (Lipinski definition) is 0. The molecule has 0 N–H and O–H groups in total. The van der Waals surface area contributed by atoms with Crippen LogP contribution < -0.4 is 18.7 Å². The summed E-state index contributed by atoms with van der Waals surface area (Å²) in [6.45, 7) is 0.247. The van der Waals surface area contributed by atoms with E-state index < -0.39 is 17.4 Å². The van der Waals surface area contributed by atoms with Crippen molar-refractivity contribution in [2.75, 3.05) is 23.4 Å². The highest BCUT2D eigenvalue weighted by molar-refractivity contribution is 7.94. The summed E-state index contributed by atoms with van der Waals surface area (Å²) < 4.78 is 25.2. The molecule has 6 nitrogen and oxygen atoms in total. The predicted octanol–water partition coefficient (Wildman–Crippen LogP) is 5.03. The zero-order chi connectivity index (χ0) is 21.3. The number of nitrogens with zero attached hydrogens (tertiary/aromatic N) is 2. The lowest BCUT2D eigenvalue weighted by Crippen LogP contribution is -2.50. The monoisotopic (exact) mass is 442 g/mol. The molecule has 30 heavy (non-hydrogen) atoms. The van der Waals surface area contributed by atoms with Gasteiger partial charge in [0.1, 0.15) is 22.7 Å². The smallest absolute Gasteiger partial charge is 0.371 e. The van der Waals surface area contributed by atoms with Crippen LogP contribution in [0.5, 0.6) is 11.5 Å². The summed E-state index contributed by atoms with van der Waals surface area (Å²) in [6.07, 6.45) is 0. The third-order valence-electron chi connectivity index (χ3n) is 4.80. The Morgan fingerprint density at radius 1 is 0.967 bits per heavy atom. The topological polar surface area (TPSA) is 65.1 Å². The molecule has 0 fully saturated rings. The lowest BCUT2D eigenvalue weighted by molar-refractivity contribution is 0.253. The first kappa shape index (κ1) is 20.4. The number of ether oxygens (including phenoxy) is 2. The van der Waals surface area contributed by atoms with Gasteiger partial charge in [-0.2, -0.15) is 0 Å². The number of anilines is 2. The highest BCUT2D eigenvalue weighted by Gasteiger charge is 2.43. The number of hydrogen-bond acceptors (Lipinski definition) is 4. The molecule has 0 radical (unpaired) electrons. The number of fused-ring (bicyclic) bond motifs is 1. The Balaban J connectivity index is 1.80. The zero-order valence-electron chi connectivity index (χ0n) is 16.4. The Morgan fingerprint density at radius 3 is 2.40 bits per heavy atom. The normalized spacial score (nSPS) is 15.7. The molecule has 3 aromatic carbocycles. The second-order valence-electron chi connectivity index (χ2n) is 6.51. The van der Waals surface area contributed by atoms with Crippen LogP contribution in [-0.4, -0.2) is 24.8 Å². The molecule has 3 aromatic rings. The van der Waals surface area contributed by atoms with Gasteiger partial charge in [0.05, 0.1) is 20.8 Å². The fraction of sp³-hybridized carbons (Fsp3) is 0.136. The summed E-state index contributed by atoms with van der Waals surface area (Å²) >= 11 is 4.61. The summed E-state index contributed by atoms with van der Waals surface area (Å²) in [5, 5.41) is 0.562. The summed E-state index contributed by atoms with van der Waals surface area (Å²) in [4.78, 5) is 15.6. The first-order valence-corrected chi connectivity index (χ1v) is 10.6. The van der Waals surface area contributed by atoms with Crippen LogP contribution in [0.4, 0.5) is 16.2 Å². The number of urea groups is 1. The fourth-order valence-electron chi connectivity index (χ4n) is 3.32. The van der Waals surface area contributed by atoms with Crippen molar-refractivity contribution >= 4 is 40.4 Å². The molecule has 0 spiro atoms. The predicted molar refractivity (Wildman–Crippen MR) is 118 cm³/mol. The average molecular weight is 443 g/mol. The van der Waals surface area contributed by atoms with Gasteiger partial charge in [0.15, 0.2) is 11.5 Å². The van der Waals surface area contributed by atoms with Crippen molar-refractivity contribution in [3.05, 3.63) is 77.3 Å². The third-order valence-corrected chi connectivity index (χ3v) is 6.59. The summed E-state index contributed by atoms with van der Waals surface area (Å²) in [5.41, 5.74) is 1.83. The van der Waals surface area contributed by atoms with E-state index in [0.29, 0.717) is 32.8 Å². The molecule has 0 aliphatic carbocycles. The van der Waals surface area contributed by atoms with Gasteiger partial charge in [-0.15, -0.1) is 4.31 Å². The lowest BCUT2D eigenvalue weighted by atomic mass is 10.2. The van der Waals surface area contributed by atoms with Gasteiger partial charge in [0.2, 0.25) is 4.90 Å². The van der Waals surface area contributed by atoms with E-state index in [1.807, 2.05) is 24.3 Å². The number of halogens is 1. The first-order chi connectivity index (χ1) is 14.5. The van der Waals surface area contributed by atoms with Crippen LogP contribution in [0.15, 0.2) is 71.6 Å². The van der Waals surface area contributed by atoms with Crippen LogP contribution in [0, 0.1) is 0 Å². The molecular weight excluding hydrogens is 424 g/mol. The Kier molecular flexibility index (Phi) is 5.76. The van der Waals surface area contributed by atoms with Crippen LogP contribution in [0.25, 0.3) is 0 Å². The van der Waals surface area contributed by atoms with Gasteiger partial charge in [-0.1, -0.05) is 41.9 Å². The van der Waals surface area contributed by atoms with Crippen LogP contribution in [0.1, 0.15) is 5.56 Å². The number of carbonyl (C=O) groups excluding carboxylic acids is 1. The fourth-order valence-corrected chi connectivity index (χ4v) is 4.81. The van der Waals surface area contributed by atoms with Crippen molar-refractivity contribution in [1.29, 1.82) is 0 Å². The van der Waals surface area contributed by atoms with E-state index in [4.69, 9.17) is 21.1 Å². The van der Waals surface area contributed by atoms with Crippen molar-refractivity contribution in [2.45, 2.75) is 11.4 Å². The lowest BCUT2D eigenvalue weighted by Gasteiger charge is -2.36. The van der Waals surface area contributed by atoms with Crippen LogP contribution in [0.2, 0.25) is 5.02 Å². The van der Waals surface area contributed by atoms with Gasteiger partial charge in [0.25, 0.3) is 0 Å². The maximum absolute atomic E-state index is 13.5. The van der Waals surface area contributed by atoms with Crippen molar-refractivity contribution in [1.82, 2.24) is 0 Å². The van der Waals surface area contributed by atoms with E-state index in [-0.39, 0.29) is 6.54 Å². The number of amides is 2. The summed E-state index contributed by atoms with van der Waals surface area (Å²) in [5.74, 6) is 0.959. The summed E-state index contributed by atoms with van der Waals surface area (Å²) in [6, 6.07) is 19.1. The van der Waals surface area contributed by atoms with Crippen LogP contribution >= 0.6 is 11.6 Å². The number of para-hydroxylation sites is 1. The van der Waals surface area contributed by atoms with Crippen LogP contribution in [-0.2, 0) is 17.9 Å². The van der Waals surface area contributed by atoms with E-state index in [1.54, 1.807) is 47.4 Å². The molecule has 1 aliphatic heterocycles. The van der Waals surface area contributed by atoms with Crippen LogP contribution in [0.3, 0.4) is 0 Å². The maximum atomic E-state index is 13.5. The van der Waals surface area contributed by atoms with E-state index >= 15 is 0 Å². The molecule has 2 amide bonds. The Morgan fingerprint density at radius 2 is 1.67 bits per heavy atom. The molecule has 1 aliphatic rings. The van der Waals surface area contributed by atoms with Crippen molar-refractivity contribution < 1.29 is 18.8 Å². The van der Waals surface area contributed by atoms with Crippen molar-refractivity contribution in [2.24, 2.45) is 0 Å². The molecule has 1 unspecified atom stereocenters. The molecule has 8 heteroatoms. The number of rotatable bonds is 5. The average Bonchev–Trinajstić information content (AvgIpc) is 2.77. The van der Waals surface area contributed by atoms with E-state index in [9.17, 15) is 9.35 Å².